The van der Waals surface area contributed by atoms with Gasteiger partial charge in [0.25, 0.3) is 0 Å². The zero-order valence-electron chi connectivity index (χ0n) is 43.4. The van der Waals surface area contributed by atoms with Gasteiger partial charge in [-0.05, 0) is 51.4 Å². The van der Waals surface area contributed by atoms with Gasteiger partial charge in [0.1, 0.15) is 6.10 Å². The van der Waals surface area contributed by atoms with Gasteiger partial charge in [0, 0.05) is 6.42 Å². The summed E-state index contributed by atoms with van der Waals surface area (Å²) in [5, 5.41) is 23.9. The van der Waals surface area contributed by atoms with Crippen LogP contribution in [0.4, 0.5) is 0 Å². The molecule has 0 saturated heterocycles. The number of nitrogens with one attached hydrogen (secondary N) is 1. The fourth-order valence-electron chi connectivity index (χ4n) is 9.19. The molecule has 0 heterocycles. The quantitative estimate of drug-likeness (QED) is 0.0321. The fourth-order valence-corrected chi connectivity index (χ4v) is 9.19. The molecule has 0 aliphatic rings. The molecular weight excluding hydrogens is 791 g/mol. The summed E-state index contributed by atoms with van der Waals surface area (Å²) >= 11 is 0. The summed E-state index contributed by atoms with van der Waals surface area (Å²) in [5.74, 6) is -0.461. The lowest BCUT2D eigenvalue weighted by molar-refractivity contribution is -0.151. The lowest BCUT2D eigenvalue weighted by Gasteiger charge is -2.24. The summed E-state index contributed by atoms with van der Waals surface area (Å²) in [6.07, 6.45) is 59.9. The van der Waals surface area contributed by atoms with Crippen molar-refractivity contribution in [2.24, 2.45) is 0 Å². The van der Waals surface area contributed by atoms with Gasteiger partial charge in [-0.15, -0.1) is 0 Å². The number of carbonyl (C=O) groups is 2. The molecule has 3 atom stereocenters. The number of hydrogen-bond acceptors (Lipinski definition) is 5. The zero-order chi connectivity index (χ0) is 46.7. The predicted octanol–water partition coefficient (Wildman–Crippen LogP) is 17.7. The largest absolute Gasteiger partial charge is 0.462 e. The van der Waals surface area contributed by atoms with Crippen LogP contribution in [0.2, 0.25) is 0 Å². The minimum Gasteiger partial charge on any atom is -0.462 e. The molecule has 380 valence electrons. The summed E-state index contributed by atoms with van der Waals surface area (Å²) in [7, 11) is 0. The van der Waals surface area contributed by atoms with Crippen molar-refractivity contribution >= 4 is 11.9 Å². The highest BCUT2D eigenvalue weighted by atomic mass is 16.5. The number of carbonyl (C=O) groups excluding carboxylic acids is 2. The molecule has 0 aromatic heterocycles. The third-order valence-electron chi connectivity index (χ3n) is 13.6. The molecule has 6 heteroatoms. The number of allylic oxidation sites excluding steroid dienone is 2. The molecule has 0 fully saturated rings. The first kappa shape index (κ1) is 62.6. The second kappa shape index (κ2) is 52.6. The Balaban J connectivity index is 4.50. The van der Waals surface area contributed by atoms with Crippen molar-refractivity contribution < 1.29 is 24.5 Å². The van der Waals surface area contributed by atoms with E-state index in [9.17, 15) is 19.8 Å². The van der Waals surface area contributed by atoms with E-state index in [4.69, 9.17) is 4.74 Å². The second-order valence-electron chi connectivity index (χ2n) is 20.1. The van der Waals surface area contributed by atoms with Gasteiger partial charge in [0.15, 0.2) is 0 Å². The molecule has 0 spiro atoms. The molecule has 6 nitrogen and oxygen atoms in total. The lowest BCUT2D eigenvalue weighted by Crippen LogP contribution is -2.46. The standard InChI is InChI=1S/C58H113NO5/c1-4-7-10-13-16-19-22-25-27-28-29-30-33-36-39-42-45-48-51-58(63)64-54(49-46-43-40-37-34-32-26-23-20-17-14-11-8-5-2)52-57(62)59-55(53-60)56(61)50-47-44-41-38-35-31-24-21-18-15-12-9-6-3/h29-30,54-56,60-61H,4-28,31-53H2,1-3H3,(H,59,62)/b30-29+. The van der Waals surface area contributed by atoms with Crippen molar-refractivity contribution in [3.8, 4) is 0 Å². The monoisotopic (exact) mass is 904 g/mol. The lowest BCUT2D eigenvalue weighted by atomic mass is 10.0. The van der Waals surface area contributed by atoms with Crippen LogP contribution in [0, 0.1) is 0 Å². The molecule has 0 aliphatic carbocycles. The number of aliphatic hydroxyl groups is 2. The third kappa shape index (κ3) is 47.1. The topological polar surface area (TPSA) is 95.9 Å². The first-order chi connectivity index (χ1) is 31.5. The van der Waals surface area contributed by atoms with Crippen LogP contribution >= 0.6 is 0 Å². The van der Waals surface area contributed by atoms with Crippen LogP contribution in [0.3, 0.4) is 0 Å². The Labute approximate surface area is 399 Å². The van der Waals surface area contributed by atoms with Gasteiger partial charge in [-0.3, -0.25) is 9.59 Å². The van der Waals surface area contributed by atoms with E-state index in [1.807, 2.05) is 0 Å². The van der Waals surface area contributed by atoms with Crippen LogP contribution in [-0.4, -0.2) is 46.9 Å². The van der Waals surface area contributed by atoms with E-state index >= 15 is 0 Å². The highest BCUT2D eigenvalue weighted by Gasteiger charge is 2.24. The summed E-state index contributed by atoms with van der Waals surface area (Å²) in [6.45, 7) is 6.52. The van der Waals surface area contributed by atoms with E-state index in [0.29, 0.717) is 19.3 Å². The molecule has 0 rings (SSSR count). The van der Waals surface area contributed by atoms with Crippen LogP contribution in [0.5, 0.6) is 0 Å². The molecular formula is C58H113NO5. The number of unbranched alkanes of at least 4 members (excludes halogenated alkanes) is 39. The van der Waals surface area contributed by atoms with Crippen LogP contribution < -0.4 is 5.32 Å². The van der Waals surface area contributed by atoms with Gasteiger partial charge in [-0.25, -0.2) is 0 Å². The number of hydrogen-bond donors (Lipinski definition) is 3. The Hall–Kier alpha value is -1.40. The highest BCUT2D eigenvalue weighted by Crippen LogP contribution is 2.19. The molecule has 0 radical (unpaired) electrons. The Morgan fingerprint density at radius 1 is 0.438 bits per heavy atom. The Morgan fingerprint density at radius 3 is 1.11 bits per heavy atom. The van der Waals surface area contributed by atoms with Gasteiger partial charge in [-0.1, -0.05) is 270 Å². The second-order valence-corrected chi connectivity index (χ2v) is 20.1. The zero-order valence-corrected chi connectivity index (χ0v) is 43.4. The maximum absolute atomic E-state index is 13.3. The van der Waals surface area contributed by atoms with Crippen molar-refractivity contribution in [2.45, 2.75) is 341 Å². The average Bonchev–Trinajstić information content (AvgIpc) is 3.29. The maximum atomic E-state index is 13.3. The van der Waals surface area contributed by atoms with Crippen molar-refractivity contribution in [1.29, 1.82) is 0 Å². The van der Waals surface area contributed by atoms with Gasteiger partial charge in [0.2, 0.25) is 5.91 Å². The molecule has 3 unspecified atom stereocenters. The number of amides is 1. The molecule has 1 amide bonds. The number of ether oxygens (including phenoxy) is 1. The first-order valence-electron chi connectivity index (χ1n) is 28.9. The molecule has 0 bridgehead atoms. The predicted molar refractivity (Wildman–Crippen MR) is 278 cm³/mol. The van der Waals surface area contributed by atoms with E-state index in [1.165, 1.54) is 225 Å². The molecule has 0 saturated carbocycles. The van der Waals surface area contributed by atoms with E-state index < -0.39 is 18.2 Å². The van der Waals surface area contributed by atoms with Crippen molar-refractivity contribution in [3.05, 3.63) is 12.2 Å². The SMILES string of the molecule is CCCCCCCCCCC/C=C/CCCCCCCC(=O)OC(CCCCCCCCCCCCCCCC)CC(=O)NC(CO)C(O)CCCCCCCCCCCCCCC. The maximum Gasteiger partial charge on any atom is 0.306 e. The van der Waals surface area contributed by atoms with E-state index in [-0.39, 0.29) is 24.9 Å². The molecule has 0 aromatic carbocycles. The minimum absolute atomic E-state index is 0.0821. The van der Waals surface area contributed by atoms with Gasteiger partial charge in [0.05, 0.1) is 25.2 Å². The molecule has 3 N–H and O–H groups in total. The average molecular weight is 905 g/mol. The van der Waals surface area contributed by atoms with Crippen molar-refractivity contribution in [3.63, 3.8) is 0 Å². The number of esters is 1. The van der Waals surface area contributed by atoms with Crippen LogP contribution in [0.25, 0.3) is 0 Å². The van der Waals surface area contributed by atoms with Crippen LogP contribution in [-0.2, 0) is 14.3 Å². The van der Waals surface area contributed by atoms with E-state index in [2.05, 4.69) is 38.2 Å². The van der Waals surface area contributed by atoms with Crippen molar-refractivity contribution in [2.75, 3.05) is 6.61 Å². The summed E-state index contributed by atoms with van der Waals surface area (Å²) in [4.78, 5) is 26.3. The first-order valence-corrected chi connectivity index (χ1v) is 28.9. The third-order valence-corrected chi connectivity index (χ3v) is 13.6. The van der Waals surface area contributed by atoms with E-state index in [1.54, 1.807) is 0 Å². The number of aliphatic hydroxyl groups excluding tert-OH is 2. The van der Waals surface area contributed by atoms with Gasteiger partial charge in [-0.2, -0.15) is 0 Å². The summed E-state index contributed by atoms with van der Waals surface area (Å²) in [6, 6.07) is -0.697. The molecule has 64 heavy (non-hydrogen) atoms. The Bertz CT molecular complexity index is 970. The minimum atomic E-state index is -0.783. The van der Waals surface area contributed by atoms with Gasteiger partial charge < -0.3 is 20.3 Å². The van der Waals surface area contributed by atoms with Crippen molar-refractivity contribution in [1.82, 2.24) is 5.32 Å². The highest BCUT2D eigenvalue weighted by molar-refractivity contribution is 5.77. The molecule has 0 aliphatic heterocycles. The Morgan fingerprint density at radius 2 is 0.750 bits per heavy atom. The smallest absolute Gasteiger partial charge is 0.306 e. The van der Waals surface area contributed by atoms with Crippen LogP contribution in [0.15, 0.2) is 12.2 Å². The summed E-state index contributed by atoms with van der Waals surface area (Å²) < 4.78 is 5.96. The Kier molecular flexibility index (Phi) is 51.4. The number of rotatable bonds is 53. The summed E-state index contributed by atoms with van der Waals surface area (Å²) in [5.41, 5.74) is 0. The van der Waals surface area contributed by atoms with Gasteiger partial charge >= 0.3 is 5.97 Å². The van der Waals surface area contributed by atoms with Crippen LogP contribution in [0.1, 0.15) is 323 Å². The normalized spacial score (nSPS) is 13.1. The fraction of sp³-hybridized carbons (Fsp3) is 0.931. The van der Waals surface area contributed by atoms with E-state index in [0.717, 1.165) is 51.4 Å². The molecule has 0 aromatic rings.